The Morgan fingerprint density at radius 2 is 2.00 bits per heavy atom. The largest absolute Gasteiger partial charge is 0.496 e. The van der Waals surface area contributed by atoms with Crippen LogP contribution in [0.2, 0.25) is 0 Å². The molecule has 1 aromatic carbocycles. The maximum absolute atomic E-state index is 11.6. The van der Waals surface area contributed by atoms with E-state index in [0.29, 0.717) is 24.5 Å². The summed E-state index contributed by atoms with van der Waals surface area (Å²) in [7, 11) is 1.66. The average molecular weight is 220 g/mol. The standard InChI is InChI=1S/C14H20O2/c1-11(2)10-13(15)9-8-12-6-4-5-7-14(12)16-3/h4-7,11H,8-10H2,1-3H3. The molecule has 1 rings (SSSR count). The van der Waals surface area contributed by atoms with Crippen molar-refractivity contribution in [2.45, 2.75) is 33.1 Å². The Hall–Kier alpha value is -1.31. The van der Waals surface area contributed by atoms with Gasteiger partial charge in [-0.15, -0.1) is 0 Å². The molecule has 1 aromatic rings. The van der Waals surface area contributed by atoms with Gasteiger partial charge in [0.15, 0.2) is 0 Å². The number of rotatable bonds is 6. The van der Waals surface area contributed by atoms with Crippen LogP contribution in [0.3, 0.4) is 0 Å². The van der Waals surface area contributed by atoms with E-state index in [9.17, 15) is 4.79 Å². The molecule has 16 heavy (non-hydrogen) atoms. The summed E-state index contributed by atoms with van der Waals surface area (Å²) in [5, 5.41) is 0. The molecular formula is C14H20O2. The van der Waals surface area contributed by atoms with Crippen LogP contribution in [0.4, 0.5) is 0 Å². The first-order valence-corrected chi connectivity index (χ1v) is 5.77. The maximum atomic E-state index is 11.6. The molecule has 0 spiro atoms. The Morgan fingerprint density at radius 1 is 1.31 bits per heavy atom. The first-order valence-electron chi connectivity index (χ1n) is 5.77. The van der Waals surface area contributed by atoms with Crippen molar-refractivity contribution in [3.63, 3.8) is 0 Å². The summed E-state index contributed by atoms with van der Waals surface area (Å²) in [4.78, 5) is 11.6. The molecule has 0 aliphatic carbocycles. The molecule has 2 heteroatoms. The second-order valence-electron chi connectivity index (χ2n) is 4.45. The van der Waals surface area contributed by atoms with Crippen molar-refractivity contribution < 1.29 is 9.53 Å². The zero-order chi connectivity index (χ0) is 12.0. The maximum Gasteiger partial charge on any atom is 0.133 e. The third-order valence-electron chi connectivity index (χ3n) is 2.50. The summed E-state index contributed by atoms with van der Waals surface area (Å²) in [6, 6.07) is 7.87. The van der Waals surface area contributed by atoms with Gasteiger partial charge in [0.1, 0.15) is 11.5 Å². The Kier molecular flexibility index (Phi) is 5.03. The number of hydrogen-bond donors (Lipinski definition) is 0. The number of hydrogen-bond acceptors (Lipinski definition) is 2. The van der Waals surface area contributed by atoms with Crippen LogP contribution in [-0.4, -0.2) is 12.9 Å². The third kappa shape index (κ3) is 4.05. The molecule has 0 aliphatic rings. The minimum absolute atomic E-state index is 0.334. The Balaban J connectivity index is 2.51. The van der Waals surface area contributed by atoms with Crippen LogP contribution >= 0.6 is 0 Å². The molecule has 0 aliphatic heterocycles. The van der Waals surface area contributed by atoms with Crippen molar-refractivity contribution in [3.05, 3.63) is 29.8 Å². The van der Waals surface area contributed by atoms with Crippen LogP contribution in [0, 0.1) is 5.92 Å². The number of aryl methyl sites for hydroxylation is 1. The summed E-state index contributed by atoms with van der Waals surface area (Å²) in [6.45, 7) is 4.14. The Morgan fingerprint density at radius 3 is 2.62 bits per heavy atom. The fraction of sp³-hybridized carbons (Fsp3) is 0.500. The van der Waals surface area contributed by atoms with Crippen LogP contribution in [-0.2, 0) is 11.2 Å². The smallest absolute Gasteiger partial charge is 0.133 e. The molecule has 0 N–H and O–H groups in total. The van der Waals surface area contributed by atoms with Gasteiger partial charge in [-0.25, -0.2) is 0 Å². The molecule has 0 saturated heterocycles. The van der Waals surface area contributed by atoms with Gasteiger partial charge < -0.3 is 4.74 Å². The summed E-state index contributed by atoms with van der Waals surface area (Å²) < 4.78 is 5.25. The van der Waals surface area contributed by atoms with Gasteiger partial charge in [0.25, 0.3) is 0 Å². The molecule has 0 bridgehead atoms. The molecule has 2 nitrogen and oxygen atoms in total. The van der Waals surface area contributed by atoms with Crippen LogP contribution in [0.25, 0.3) is 0 Å². The van der Waals surface area contributed by atoms with E-state index in [1.807, 2.05) is 24.3 Å². The van der Waals surface area contributed by atoms with Gasteiger partial charge in [-0.3, -0.25) is 4.79 Å². The highest BCUT2D eigenvalue weighted by Crippen LogP contribution is 2.19. The number of ketones is 1. The van der Waals surface area contributed by atoms with Gasteiger partial charge in [0.2, 0.25) is 0 Å². The number of benzene rings is 1. The van der Waals surface area contributed by atoms with Crippen LogP contribution < -0.4 is 4.74 Å². The van der Waals surface area contributed by atoms with Gasteiger partial charge >= 0.3 is 0 Å². The highest BCUT2D eigenvalue weighted by atomic mass is 16.5. The predicted octanol–water partition coefficient (Wildman–Crippen LogP) is 3.24. The average Bonchev–Trinajstić information content (AvgIpc) is 2.26. The van der Waals surface area contributed by atoms with Crippen molar-refractivity contribution in [1.82, 2.24) is 0 Å². The number of methoxy groups -OCH3 is 1. The van der Waals surface area contributed by atoms with E-state index >= 15 is 0 Å². The van der Waals surface area contributed by atoms with E-state index in [1.165, 1.54) is 0 Å². The third-order valence-corrected chi connectivity index (χ3v) is 2.50. The molecule has 0 saturated carbocycles. The number of carbonyl (C=O) groups excluding carboxylic acids is 1. The summed E-state index contributed by atoms with van der Waals surface area (Å²) >= 11 is 0. The molecule has 0 radical (unpaired) electrons. The van der Waals surface area contributed by atoms with Crippen molar-refractivity contribution in [2.24, 2.45) is 5.92 Å². The second kappa shape index (κ2) is 6.31. The van der Waals surface area contributed by atoms with Crippen molar-refractivity contribution >= 4 is 5.78 Å². The summed E-state index contributed by atoms with van der Waals surface area (Å²) in [5.74, 6) is 1.66. The lowest BCUT2D eigenvalue weighted by atomic mass is 10.0. The lowest BCUT2D eigenvalue weighted by Gasteiger charge is -2.08. The lowest BCUT2D eigenvalue weighted by Crippen LogP contribution is -2.04. The van der Waals surface area contributed by atoms with E-state index in [2.05, 4.69) is 13.8 Å². The predicted molar refractivity (Wildman–Crippen MR) is 65.8 cm³/mol. The van der Waals surface area contributed by atoms with E-state index in [0.717, 1.165) is 17.7 Å². The Labute approximate surface area is 97.6 Å². The Bertz CT molecular complexity index is 342. The quantitative estimate of drug-likeness (QED) is 0.735. The fourth-order valence-corrected chi connectivity index (χ4v) is 1.74. The molecule has 88 valence electrons. The molecule has 0 atom stereocenters. The van der Waals surface area contributed by atoms with Crippen molar-refractivity contribution in [2.75, 3.05) is 7.11 Å². The monoisotopic (exact) mass is 220 g/mol. The first-order chi connectivity index (χ1) is 7.63. The van der Waals surface area contributed by atoms with Gasteiger partial charge in [-0.1, -0.05) is 32.0 Å². The normalized spacial score (nSPS) is 10.5. The van der Waals surface area contributed by atoms with Gasteiger partial charge in [-0.2, -0.15) is 0 Å². The van der Waals surface area contributed by atoms with E-state index in [4.69, 9.17) is 4.74 Å². The highest BCUT2D eigenvalue weighted by molar-refractivity contribution is 5.78. The zero-order valence-corrected chi connectivity index (χ0v) is 10.3. The number of ether oxygens (including phenoxy) is 1. The van der Waals surface area contributed by atoms with Crippen LogP contribution in [0.5, 0.6) is 5.75 Å². The number of Topliss-reactive ketones (excluding diaryl/α,β-unsaturated/α-hetero) is 1. The number of carbonyl (C=O) groups is 1. The van der Waals surface area contributed by atoms with Gasteiger partial charge in [0.05, 0.1) is 7.11 Å². The zero-order valence-electron chi connectivity index (χ0n) is 10.3. The first kappa shape index (κ1) is 12.8. The van der Waals surface area contributed by atoms with Gasteiger partial charge in [-0.05, 0) is 24.0 Å². The second-order valence-corrected chi connectivity index (χ2v) is 4.45. The van der Waals surface area contributed by atoms with Gasteiger partial charge in [0, 0.05) is 12.8 Å². The molecule has 0 fully saturated rings. The number of para-hydroxylation sites is 1. The minimum atomic E-state index is 0.334. The molecule has 0 amide bonds. The summed E-state index contributed by atoms with van der Waals surface area (Å²) in [6.07, 6.45) is 2.06. The minimum Gasteiger partial charge on any atom is -0.496 e. The molecule has 0 heterocycles. The lowest BCUT2D eigenvalue weighted by molar-refractivity contribution is -0.119. The summed E-state index contributed by atoms with van der Waals surface area (Å²) in [5.41, 5.74) is 1.11. The topological polar surface area (TPSA) is 26.3 Å². The molecule has 0 aromatic heterocycles. The van der Waals surface area contributed by atoms with E-state index in [1.54, 1.807) is 7.11 Å². The van der Waals surface area contributed by atoms with Crippen molar-refractivity contribution in [1.29, 1.82) is 0 Å². The van der Waals surface area contributed by atoms with Crippen molar-refractivity contribution in [3.8, 4) is 5.75 Å². The van der Waals surface area contributed by atoms with Crippen LogP contribution in [0.1, 0.15) is 32.3 Å². The van der Waals surface area contributed by atoms with E-state index in [-0.39, 0.29) is 0 Å². The molecular weight excluding hydrogens is 200 g/mol. The van der Waals surface area contributed by atoms with Crippen LogP contribution in [0.15, 0.2) is 24.3 Å². The fourth-order valence-electron chi connectivity index (χ4n) is 1.74. The van der Waals surface area contributed by atoms with E-state index < -0.39 is 0 Å². The highest BCUT2D eigenvalue weighted by Gasteiger charge is 2.07. The SMILES string of the molecule is COc1ccccc1CCC(=O)CC(C)C. The molecule has 0 unspecified atom stereocenters.